The van der Waals surface area contributed by atoms with Gasteiger partial charge in [-0.3, -0.25) is 0 Å². The topological polar surface area (TPSA) is 29.3 Å². The highest BCUT2D eigenvalue weighted by atomic mass is 15.0. The van der Waals surface area contributed by atoms with Crippen LogP contribution in [0.2, 0.25) is 0 Å². The summed E-state index contributed by atoms with van der Waals surface area (Å²) in [5.74, 6) is 0. The Kier molecular flexibility index (Phi) is 8.24. The zero-order valence-corrected chi connectivity index (χ0v) is 33.3. The Hall–Kier alpha value is -8.01. The molecule has 3 heteroatoms. The van der Waals surface area contributed by atoms with Gasteiger partial charge < -0.3 is 9.88 Å². The van der Waals surface area contributed by atoms with E-state index in [-0.39, 0.29) is 6.04 Å². The van der Waals surface area contributed by atoms with E-state index in [1.165, 1.54) is 76.7 Å². The van der Waals surface area contributed by atoms with Gasteiger partial charge in [-0.15, -0.1) is 0 Å². The number of hydrogen-bond donors (Lipinski definition) is 1. The summed E-state index contributed by atoms with van der Waals surface area (Å²) in [7, 11) is 0. The highest BCUT2D eigenvalue weighted by molar-refractivity contribution is 6.23. The van der Waals surface area contributed by atoms with E-state index in [1.54, 1.807) is 0 Å². The second-order valence-electron chi connectivity index (χ2n) is 15.9. The molecule has 12 rings (SSSR count). The Balaban J connectivity index is 1.12. The molecule has 11 aromatic rings. The number of nitrogens with zero attached hydrogens (tertiary/aromatic N) is 2. The molecule has 1 N–H and O–H groups in total. The molecule has 0 amide bonds. The number of benzene rings is 10. The minimum Gasteiger partial charge on any atom is -0.371 e. The maximum absolute atomic E-state index is 5.22. The molecule has 61 heavy (non-hydrogen) atoms. The minimum atomic E-state index is -0.111. The summed E-state index contributed by atoms with van der Waals surface area (Å²) >= 11 is 0. The molecule has 0 spiro atoms. The van der Waals surface area contributed by atoms with Crippen LogP contribution in [0.1, 0.15) is 17.2 Å². The number of anilines is 1. The number of rotatable bonds is 6. The number of aromatic nitrogens is 1. The first-order chi connectivity index (χ1) is 30.3. The molecule has 2 heterocycles. The lowest BCUT2D eigenvalue weighted by atomic mass is 9.85. The van der Waals surface area contributed by atoms with E-state index in [4.69, 9.17) is 4.99 Å². The average Bonchev–Trinajstić information content (AvgIpc) is 3.67. The molecule has 286 valence electrons. The number of para-hydroxylation sites is 2. The van der Waals surface area contributed by atoms with Crippen LogP contribution in [0.25, 0.3) is 82.4 Å². The van der Waals surface area contributed by atoms with E-state index in [0.717, 1.165) is 33.9 Å². The average molecular weight is 778 g/mol. The Labute approximate surface area is 354 Å². The van der Waals surface area contributed by atoms with Gasteiger partial charge in [0.05, 0.1) is 34.2 Å². The molecule has 0 saturated heterocycles. The van der Waals surface area contributed by atoms with Crippen molar-refractivity contribution in [3.63, 3.8) is 0 Å². The predicted octanol–water partition coefficient (Wildman–Crippen LogP) is 15.4. The molecule has 10 aromatic carbocycles. The van der Waals surface area contributed by atoms with Crippen LogP contribution in [-0.2, 0) is 0 Å². The molecule has 1 aromatic heterocycles. The van der Waals surface area contributed by atoms with Crippen LogP contribution in [0.3, 0.4) is 0 Å². The standard InChI is InChI=1S/C58H39N3/c1-4-16-38(17-5-1)47-34-30-40-20-10-12-24-45(40)55(47)49-36-50-54(37-48(49)39-18-6-2-7-19-39)61(53-35-31-41-21-11-13-25-46(41)56(50)53)44-32-28-43(29-33-44)58-57(42-22-8-3-9-23-42)59-51-26-14-15-27-52(51)60-58/h1-37,58,60H. The SMILES string of the molecule is c1ccc(C2=Nc3ccccc3NC2c2ccc(-n3c4cc(-c5ccccc5)c(-c5c(-c6ccccc6)ccc6ccccc56)cc4c4c5ccccc5ccc43)cc2)cc1. The number of fused-ring (bicyclic) bond motifs is 7. The highest BCUT2D eigenvalue weighted by Crippen LogP contribution is 2.47. The third-order valence-electron chi connectivity index (χ3n) is 12.4. The van der Waals surface area contributed by atoms with Crippen molar-refractivity contribution in [3.05, 3.63) is 236 Å². The fourth-order valence-electron chi connectivity index (χ4n) is 9.60. The summed E-state index contributed by atoms with van der Waals surface area (Å²) in [4.78, 5) is 5.22. The maximum atomic E-state index is 5.22. The van der Waals surface area contributed by atoms with Crippen LogP contribution < -0.4 is 5.32 Å². The molecule has 1 unspecified atom stereocenters. The van der Waals surface area contributed by atoms with E-state index in [0.29, 0.717) is 0 Å². The third kappa shape index (κ3) is 5.85. The van der Waals surface area contributed by atoms with E-state index in [2.05, 4.69) is 228 Å². The molecule has 0 bridgehead atoms. The first-order valence-corrected chi connectivity index (χ1v) is 21.0. The fourth-order valence-corrected chi connectivity index (χ4v) is 9.60. The van der Waals surface area contributed by atoms with Crippen molar-refractivity contribution in [2.75, 3.05) is 5.32 Å². The van der Waals surface area contributed by atoms with Crippen molar-refractivity contribution in [1.29, 1.82) is 0 Å². The van der Waals surface area contributed by atoms with Gasteiger partial charge in [0.1, 0.15) is 0 Å². The molecule has 0 radical (unpaired) electrons. The van der Waals surface area contributed by atoms with Crippen molar-refractivity contribution in [1.82, 2.24) is 4.57 Å². The number of nitrogens with one attached hydrogen (secondary N) is 1. The summed E-state index contributed by atoms with van der Waals surface area (Å²) < 4.78 is 2.47. The van der Waals surface area contributed by atoms with E-state index in [1.807, 2.05) is 6.07 Å². The highest BCUT2D eigenvalue weighted by Gasteiger charge is 2.26. The first kappa shape index (κ1) is 35.0. The fraction of sp³-hybridized carbons (Fsp3) is 0.0172. The van der Waals surface area contributed by atoms with E-state index < -0.39 is 0 Å². The second kappa shape index (κ2) is 14.4. The van der Waals surface area contributed by atoms with Gasteiger partial charge in [-0.1, -0.05) is 182 Å². The normalized spacial score (nSPS) is 13.6. The zero-order chi connectivity index (χ0) is 40.3. The van der Waals surface area contributed by atoms with Crippen LogP contribution in [0.15, 0.2) is 229 Å². The molecular weight excluding hydrogens is 739 g/mol. The van der Waals surface area contributed by atoms with Crippen molar-refractivity contribution < 1.29 is 0 Å². The van der Waals surface area contributed by atoms with Crippen LogP contribution >= 0.6 is 0 Å². The van der Waals surface area contributed by atoms with Gasteiger partial charge in [-0.25, -0.2) is 4.99 Å². The zero-order valence-electron chi connectivity index (χ0n) is 33.3. The monoisotopic (exact) mass is 777 g/mol. The van der Waals surface area contributed by atoms with Crippen molar-refractivity contribution in [3.8, 4) is 39.1 Å². The number of hydrogen-bond acceptors (Lipinski definition) is 2. The lowest BCUT2D eigenvalue weighted by Gasteiger charge is -2.28. The van der Waals surface area contributed by atoms with Gasteiger partial charge in [-0.05, 0) is 109 Å². The molecule has 0 saturated carbocycles. The molecule has 1 aliphatic rings. The summed E-state index contributed by atoms with van der Waals surface area (Å²) in [5.41, 5.74) is 16.0. The van der Waals surface area contributed by atoms with Gasteiger partial charge in [-0.2, -0.15) is 0 Å². The molecule has 0 aliphatic carbocycles. The molecule has 1 aliphatic heterocycles. The van der Waals surface area contributed by atoms with Crippen LogP contribution in [0.5, 0.6) is 0 Å². The van der Waals surface area contributed by atoms with Crippen LogP contribution in [0, 0.1) is 0 Å². The smallest absolute Gasteiger partial charge is 0.0947 e. The predicted molar refractivity (Wildman–Crippen MR) is 258 cm³/mol. The third-order valence-corrected chi connectivity index (χ3v) is 12.4. The molecule has 1 atom stereocenters. The Morgan fingerprint density at radius 3 is 1.74 bits per heavy atom. The quantitative estimate of drug-likeness (QED) is 0.179. The van der Waals surface area contributed by atoms with E-state index >= 15 is 0 Å². The Morgan fingerprint density at radius 2 is 1.00 bits per heavy atom. The van der Waals surface area contributed by atoms with Gasteiger partial charge in [0.15, 0.2) is 0 Å². The maximum Gasteiger partial charge on any atom is 0.0947 e. The largest absolute Gasteiger partial charge is 0.371 e. The minimum absolute atomic E-state index is 0.111. The lowest BCUT2D eigenvalue weighted by Crippen LogP contribution is -2.24. The van der Waals surface area contributed by atoms with Gasteiger partial charge in [0.2, 0.25) is 0 Å². The first-order valence-electron chi connectivity index (χ1n) is 21.0. The lowest BCUT2D eigenvalue weighted by molar-refractivity contribution is 1.01. The van der Waals surface area contributed by atoms with Crippen molar-refractivity contribution >= 4 is 60.4 Å². The Bertz CT molecular complexity index is 3470. The van der Waals surface area contributed by atoms with Gasteiger partial charge >= 0.3 is 0 Å². The molecule has 0 fully saturated rings. The Morgan fingerprint density at radius 1 is 0.410 bits per heavy atom. The van der Waals surface area contributed by atoms with E-state index in [9.17, 15) is 0 Å². The summed E-state index contributed by atoms with van der Waals surface area (Å²) in [6, 6.07) is 81.3. The van der Waals surface area contributed by atoms with Gasteiger partial charge in [0, 0.05) is 16.5 Å². The van der Waals surface area contributed by atoms with Crippen molar-refractivity contribution in [2.45, 2.75) is 6.04 Å². The summed E-state index contributed by atoms with van der Waals surface area (Å²) in [5, 5.41) is 11.2. The van der Waals surface area contributed by atoms with Crippen molar-refractivity contribution in [2.24, 2.45) is 4.99 Å². The van der Waals surface area contributed by atoms with Gasteiger partial charge in [0.25, 0.3) is 0 Å². The second-order valence-corrected chi connectivity index (χ2v) is 15.9. The van der Waals surface area contributed by atoms with Crippen LogP contribution in [-0.4, -0.2) is 10.3 Å². The number of aliphatic imine (C=N–C) groups is 1. The molecular formula is C58H39N3. The summed E-state index contributed by atoms with van der Waals surface area (Å²) in [6.07, 6.45) is 0. The summed E-state index contributed by atoms with van der Waals surface area (Å²) in [6.45, 7) is 0. The van der Waals surface area contributed by atoms with Crippen LogP contribution in [0.4, 0.5) is 11.4 Å². The molecule has 3 nitrogen and oxygen atoms in total.